The predicted molar refractivity (Wildman–Crippen MR) is 81.7 cm³/mol. The van der Waals surface area contributed by atoms with Gasteiger partial charge >= 0.3 is 5.97 Å². The molecule has 1 aliphatic heterocycles. The minimum absolute atomic E-state index is 0.0258. The Labute approximate surface area is 128 Å². The van der Waals surface area contributed by atoms with Gasteiger partial charge in [0.05, 0.1) is 5.75 Å². The van der Waals surface area contributed by atoms with Gasteiger partial charge in [0, 0.05) is 19.6 Å². The fourth-order valence-corrected chi connectivity index (χ4v) is 4.31. The van der Waals surface area contributed by atoms with Gasteiger partial charge in [0.25, 0.3) is 0 Å². The molecule has 0 radical (unpaired) electrons. The van der Waals surface area contributed by atoms with Crippen LogP contribution in [0.5, 0.6) is 0 Å². The number of aromatic nitrogens is 3. The van der Waals surface area contributed by atoms with E-state index in [0.717, 1.165) is 18.4 Å². The maximum Gasteiger partial charge on any atom is 0.313 e. The second kappa shape index (κ2) is 6.25. The Kier molecular flexibility index (Phi) is 4.37. The summed E-state index contributed by atoms with van der Waals surface area (Å²) in [6.45, 7) is 1.04. The molecule has 2 heterocycles. The first kappa shape index (κ1) is 14.7. The zero-order valence-corrected chi connectivity index (χ0v) is 13.2. The standard InChI is InChI=1S/C14H22N4O2S/c1-17-13(15-16-14(17)21-9-12(19)20)18-8-4-7-11(18)10-5-2-3-6-10/h10-11H,2-9H2,1H3,(H,19,20). The Bertz CT molecular complexity index is 513. The molecule has 1 aromatic heterocycles. The van der Waals surface area contributed by atoms with Crippen LogP contribution in [0.2, 0.25) is 0 Å². The maximum absolute atomic E-state index is 10.7. The molecule has 1 saturated carbocycles. The van der Waals surface area contributed by atoms with Crippen LogP contribution in [0.3, 0.4) is 0 Å². The second-order valence-electron chi connectivity index (χ2n) is 5.97. The van der Waals surface area contributed by atoms with E-state index in [1.54, 1.807) is 0 Å². The van der Waals surface area contributed by atoms with E-state index in [9.17, 15) is 4.79 Å². The maximum atomic E-state index is 10.7. The number of carboxylic acids is 1. The van der Waals surface area contributed by atoms with Crippen LogP contribution < -0.4 is 4.90 Å². The first-order valence-electron chi connectivity index (χ1n) is 7.67. The van der Waals surface area contributed by atoms with Gasteiger partial charge in [-0.1, -0.05) is 24.6 Å². The molecule has 7 heteroatoms. The van der Waals surface area contributed by atoms with E-state index in [1.807, 2.05) is 11.6 Å². The van der Waals surface area contributed by atoms with Crippen molar-refractivity contribution in [2.75, 3.05) is 17.2 Å². The highest BCUT2D eigenvalue weighted by Gasteiger charge is 2.35. The summed E-state index contributed by atoms with van der Waals surface area (Å²) in [5.74, 6) is 0.893. The second-order valence-corrected chi connectivity index (χ2v) is 6.91. The van der Waals surface area contributed by atoms with Crippen LogP contribution in [0.25, 0.3) is 0 Å². The molecule has 21 heavy (non-hydrogen) atoms. The number of hydrogen-bond donors (Lipinski definition) is 1. The molecule has 6 nitrogen and oxygen atoms in total. The molecule has 0 aromatic carbocycles. The SMILES string of the molecule is Cn1c(SCC(=O)O)nnc1N1CCCC1C1CCCC1. The molecule has 1 unspecified atom stereocenters. The van der Waals surface area contributed by atoms with Gasteiger partial charge in [0.15, 0.2) is 5.16 Å². The molecule has 1 N–H and O–H groups in total. The lowest BCUT2D eigenvalue weighted by Gasteiger charge is -2.29. The molecule has 116 valence electrons. The van der Waals surface area contributed by atoms with E-state index in [1.165, 1.54) is 50.3 Å². The molecule has 0 amide bonds. The van der Waals surface area contributed by atoms with Gasteiger partial charge in [0.2, 0.25) is 5.95 Å². The highest BCUT2D eigenvalue weighted by molar-refractivity contribution is 7.99. The van der Waals surface area contributed by atoms with Crippen LogP contribution in [0.15, 0.2) is 5.16 Å². The Morgan fingerprint density at radius 3 is 2.76 bits per heavy atom. The topological polar surface area (TPSA) is 71.2 Å². The number of aliphatic carboxylic acids is 1. The summed E-state index contributed by atoms with van der Waals surface area (Å²) < 4.78 is 1.95. The average Bonchev–Trinajstić information content (AvgIpc) is 3.16. The van der Waals surface area contributed by atoms with Crippen molar-refractivity contribution in [3.63, 3.8) is 0 Å². The van der Waals surface area contributed by atoms with Crippen LogP contribution in [0.1, 0.15) is 38.5 Å². The third-order valence-electron chi connectivity index (χ3n) is 4.64. The van der Waals surface area contributed by atoms with Gasteiger partial charge in [-0.2, -0.15) is 0 Å². The molecule has 1 saturated heterocycles. The van der Waals surface area contributed by atoms with Crippen molar-refractivity contribution < 1.29 is 9.90 Å². The molecular weight excluding hydrogens is 288 g/mol. The van der Waals surface area contributed by atoms with E-state index in [0.29, 0.717) is 11.2 Å². The van der Waals surface area contributed by atoms with Crippen LogP contribution in [-0.2, 0) is 11.8 Å². The lowest BCUT2D eigenvalue weighted by molar-refractivity contribution is -0.133. The number of rotatable bonds is 5. The fraction of sp³-hybridized carbons (Fsp3) is 0.786. The fourth-order valence-electron chi connectivity index (χ4n) is 3.68. The first-order chi connectivity index (χ1) is 10.2. The normalized spacial score (nSPS) is 23.1. The van der Waals surface area contributed by atoms with Crippen molar-refractivity contribution in [1.82, 2.24) is 14.8 Å². The van der Waals surface area contributed by atoms with Gasteiger partial charge in [-0.25, -0.2) is 0 Å². The molecule has 1 atom stereocenters. The number of anilines is 1. The van der Waals surface area contributed by atoms with Crippen molar-refractivity contribution in [3.05, 3.63) is 0 Å². The largest absolute Gasteiger partial charge is 0.481 e. The Morgan fingerprint density at radius 2 is 2.05 bits per heavy atom. The Morgan fingerprint density at radius 1 is 1.29 bits per heavy atom. The molecule has 3 rings (SSSR count). The smallest absolute Gasteiger partial charge is 0.313 e. The van der Waals surface area contributed by atoms with Crippen LogP contribution in [0, 0.1) is 5.92 Å². The number of hydrogen-bond acceptors (Lipinski definition) is 5. The van der Waals surface area contributed by atoms with E-state index >= 15 is 0 Å². The predicted octanol–water partition coefficient (Wildman–Crippen LogP) is 2.15. The quantitative estimate of drug-likeness (QED) is 0.840. The number of nitrogens with zero attached hydrogens (tertiary/aromatic N) is 4. The molecule has 0 spiro atoms. The zero-order chi connectivity index (χ0) is 14.8. The number of carboxylic acid groups (broad SMARTS) is 1. The minimum atomic E-state index is -0.824. The van der Waals surface area contributed by atoms with Gasteiger partial charge in [-0.05, 0) is 31.6 Å². The van der Waals surface area contributed by atoms with E-state index < -0.39 is 5.97 Å². The van der Waals surface area contributed by atoms with Crippen molar-refractivity contribution in [2.24, 2.45) is 13.0 Å². The summed E-state index contributed by atoms with van der Waals surface area (Å²) in [5, 5.41) is 18.0. The first-order valence-corrected chi connectivity index (χ1v) is 8.66. The number of carbonyl (C=O) groups is 1. The molecule has 2 fully saturated rings. The summed E-state index contributed by atoms with van der Waals surface area (Å²) in [5.41, 5.74) is 0. The lowest BCUT2D eigenvalue weighted by Crippen LogP contribution is -2.36. The molecule has 2 aliphatic rings. The van der Waals surface area contributed by atoms with E-state index in [-0.39, 0.29) is 5.75 Å². The molecule has 0 bridgehead atoms. The summed E-state index contributed by atoms with van der Waals surface area (Å²) in [7, 11) is 1.93. The summed E-state index contributed by atoms with van der Waals surface area (Å²) in [6.07, 6.45) is 7.83. The molecule has 1 aromatic rings. The Hall–Kier alpha value is -1.24. The van der Waals surface area contributed by atoms with Crippen molar-refractivity contribution in [3.8, 4) is 0 Å². The zero-order valence-electron chi connectivity index (χ0n) is 12.4. The number of thioether (sulfide) groups is 1. The van der Waals surface area contributed by atoms with Gasteiger partial charge < -0.3 is 10.0 Å². The molecule has 1 aliphatic carbocycles. The minimum Gasteiger partial charge on any atom is -0.481 e. The monoisotopic (exact) mass is 310 g/mol. The highest BCUT2D eigenvalue weighted by atomic mass is 32.2. The summed E-state index contributed by atoms with van der Waals surface area (Å²) in [4.78, 5) is 13.1. The molecular formula is C14H22N4O2S. The van der Waals surface area contributed by atoms with Crippen molar-refractivity contribution in [1.29, 1.82) is 0 Å². The lowest BCUT2D eigenvalue weighted by atomic mass is 9.96. The average molecular weight is 310 g/mol. The third kappa shape index (κ3) is 3.02. The summed E-state index contributed by atoms with van der Waals surface area (Å²) >= 11 is 1.23. The van der Waals surface area contributed by atoms with Gasteiger partial charge in [-0.3, -0.25) is 9.36 Å². The van der Waals surface area contributed by atoms with Crippen molar-refractivity contribution >= 4 is 23.7 Å². The Balaban J connectivity index is 1.74. The van der Waals surface area contributed by atoms with Crippen LogP contribution >= 0.6 is 11.8 Å². The van der Waals surface area contributed by atoms with E-state index in [2.05, 4.69) is 15.1 Å². The van der Waals surface area contributed by atoms with Crippen LogP contribution in [-0.4, -0.2) is 44.2 Å². The van der Waals surface area contributed by atoms with E-state index in [4.69, 9.17) is 5.11 Å². The van der Waals surface area contributed by atoms with Crippen molar-refractivity contribution in [2.45, 2.75) is 49.7 Å². The van der Waals surface area contributed by atoms with Gasteiger partial charge in [-0.15, -0.1) is 10.2 Å². The van der Waals surface area contributed by atoms with Crippen LogP contribution in [0.4, 0.5) is 5.95 Å². The van der Waals surface area contributed by atoms with Gasteiger partial charge in [0.1, 0.15) is 0 Å². The summed E-state index contributed by atoms with van der Waals surface area (Å²) in [6, 6.07) is 0.590. The third-order valence-corrected chi connectivity index (χ3v) is 5.64. The highest BCUT2D eigenvalue weighted by Crippen LogP contribution is 2.37.